The molecule has 7 heteroatoms. The fourth-order valence-corrected chi connectivity index (χ4v) is 5.83. The van der Waals surface area contributed by atoms with Gasteiger partial charge in [-0.2, -0.15) is 0 Å². The quantitative estimate of drug-likeness (QED) is 0.169. The van der Waals surface area contributed by atoms with Crippen molar-refractivity contribution in [1.29, 1.82) is 0 Å². The van der Waals surface area contributed by atoms with E-state index in [1.807, 2.05) is 48.5 Å². The van der Waals surface area contributed by atoms with Gasteiger partial charge in [0.1, 0.15) is 11.5 Å². The van der Waals surface area contributed by atoms with E-state index >= 15 is 0 Å². The molecule has 6 nitrogen and oxygen atoms in total. The molecule has 2 N–H and O–H groups in total. The maximum Gasteiger partial charge on any atom is 0.301 e. The van der Waals surface area contributed by atoms with E-state index < -0.39 is 17.7 Å². The van der Waals surface area contributed by atoms with Crippen LogP contribution in [0.3, 0.4) is 0 Å². The Morgan fingerprint density at radius 1 is 0.946 bits per heavy atom. The number of rotatable bonds is 4. The Labute approximate surface area is 216 Å². The first kappa shape index (κ1) is 22.9. The van der Waals surface area contributed by atoms with Crippen molar-refractivity contribution in [2.75, 3.05) is 4.90 Å². The number of nitrogens with zero attached hydrogens (tertiary/aromatic N) is 2. The summed E-state index contributed by atoms with van der Waals surface area (Å²) in [6.45, 7) is 2.07. The Kier molecular flexibility index (Phi) is 5.50. The largest absolute Gasteiger partial charge is 0.508 e. The van der Waals surface area contributed by atoms with Crippen LogP contribution in [0.4, 0.5) is 5.13 Å². The Morgan fingerprint density at radius 2 is 1.70 bits per heavy atom. The van der Waals surface area contributed by atoms with E-state index in [4.69, 9.17) is 0 Å². The Bertz CT molecular complexity index is 1740. The first-order chi connectivity index (χ1) is 17.9. The van der Waals surface area contributed by atoms with Crippen LogP contribution >= 0.6 is 11.3 Å². The zero-order valence-electron chi connectivity index (χ0n) is 19.9. The van der Waals surface area contributed by atoms with Gasteiger partial charge in [0.25, 0.3) is 5.78 Å². The van der Waals surface area contributed by atoms with Gasteiger partial charge in [0.15, 0.2) is 5.13 Å². The molecule has 0 bridgehead atoms. The maximum absolute atomic E-state index is 13.5. The van der Waals surface area contributed by atoms with Gasteiger partial charge in [0.05, 0.1) is 21.8 Å². The number of phenolic OH excluding ortho intramolecular Hbond substituents is 1. The summed E-state index contributed by atoms with van der Waals surface area (Å²) in [6.07, 6.45) is 0.868. The van der Waals surface area contributed by atoms with Crippen molar-refractivity contribution in [2.24, 2.45) is 0 Å². The van der Waals surface area contributed by atoms with Gasteiger partial charge in [-0.1, -0.05) is 72.9 Å². The molecule has 6 rings (SSSR count). The van der Waals surface area contributed by atoms with Crippen molar-refractivity contribution in [3.8, 4) is 5.75 Å². The number of thiazole rings is 1. The van der Waals surface area contributed by atoms with Gasteiger partial charge in [-0.15, -0.1) is 0 Å². The number of carbonyl (C=O) groups is 2. The third-order valence-electron chi connectivity index (χ3n) is 6.73. The second-order valence-corrected chi connectivity index (χ2v) is 9.98. The summed E-state index contributed by atoms with van der Waals surface area (Å²) in [4.78, 5) is 32.9. The summed E-state index contributed by atoms with van der Waals surface area (Å²) in [5.41, 5.74) is 2.89. The number of benzene rings is 4. The van der Waals surface area contributed by atoms with Crippen molar-refractivity contribution in [1.82, 2.24) is 4.98 Å². The van der Waals surface area contributed by atoms with Crippen molar-refractivity contribution in [3.05, 3.63) is 107 Å². The van der Waals surface area contributed by atoms with E-state index in [1.54, 1.807) is 24.3 Å². The average Bonchev–Trinajstić information content (AvgIpc) is 3.46. The molecule has 4 aromatic carbocycles. The minimum atomic E-state index is -0.904. The number of phenols is 1. The van der Waals surface area contributed by atoms with Crippen LogP contribution in [-0.2, 0) is 16.0 Å². The SMILES string of the molecule is CCc1ccc2nc(N3C(=O)C(=O)/C(=C(/O)c4ccc5ccccc5c4)C3c3ccc(O)cc3)sc2c1. The highest BCUT2D eigenvalue weighted by molar-refractivity contribution is 7.22. The van der Waals surface area contributed by atoms with Gasteiger partial charge >= 0.3 is 5.91 Å². The number of aliphatic hydroxyl groups excluding tert-OH is 1. The first-order valence-corrected chi connectivity index (χ1v) is 12.7. The van der Waals surface area contributed by atoms with E-state index in [1.165, 1.54) is 28.4 Å². The Hall–Kier alpha value is -4.49. The first-order valence-electron chi connectivity index (χ1n) is 11.9. The van der Waals surface area contributed by atoms with Crippen LogP contribution in [0.15, 0.2) is 90.5 Å². The number of amides is 1. The number of aryl methyl sites for hydroxylation is 1. The molecule has 37 heavy (non-hydrogen) atoms. The Balaban J connectivity index is 1.55. The summed E-state index contributed by atoms with van der Waals surface area (Å²) < 4.78 is 0.912. The molecule has 1 aliphatic heterocycles. The number of hydrogen-bond acceptors (Lipinski definition) is 6. The molecular weight excluding hydrogens is 484 g/mol. The third kappa shape index (κ3) is 3.84. The van der Waals surface area contributed by atoms with Crippen LogP contribution < -0.4 is 4.90 Å². The topological polar surface area (TPSA) is 90.7 Å². The Morgan fingerprint density at radius 3 is 2.46 bits per heavy atom. The minimum Gasteiger partial charge on any atom is -0.508 e. The van der Waals surface area contributed by atoms with Crippen LogP contribution in [0.1, 0.15) is 29.7 Å². The summed E-state index contributed by atoms with van der Waals surface area (Å²) >= 11 is 1.33. The number of aromatic hydroxyl groups is 1. The molecule has 182 valence electrons. The van der Waals surface area contributed by atoms with Gasteiger partial charge in [-0.3, -0.25) is 14.5 Å². The number of Topliss-reactive ketones (excluding diaryl/α,β-unsaturated/α-hetero) is 1. The molecule has 1 atom stereocenters. The molecule has 5 aromatic rings. The molecule has 0 saturated carbocycles. The fraction of sp³-hybridized carbons (Fsp3) is 0.100. The minimum absolute atomic E-state index is 0.0144. The van der Waals surface area contributed by atoms with Crippen LogP contribution in [0.5, 0.6) is 5.75 Å². The van der Waals surface area contributed by atoms with Crippen molar-refractivity contribution in [3.63, 3.8) is 0 Å². The average molecular weight is 507 g/mol. The standard InChI is InChI=1S/C30H22N2O4S/c1-2-17-7-14-23-24(15-17)37-30(31-23)32-26(19-10-12-22(33)13-11-19)25(28(35)29(32)36)27(34)21-9-8-18-5-3-4-6-20(18)16-21/h3-16,26,33-34H,2H2,1H3/b27-25+. The number of anilines is 1. The summed E-state index contributed by atoms with van der Waals surface area (Å²) in [6, 6.07) is 24.5. The lowest BCUT2D eigenvalue weighted by Crippen LogP contribution is -2.29. The molecular formula is C30H22N2O4S. The number of carbonyl (C=O) groups excluding carboxylic acids is 2. The molecule has 1 aliphatic rings. The highest BCUT2D eigenvalue weighted by Gasteiger charge is 2.48. The highest BCUT2D eigenvalue weighted by Crippen LogP contribution is 2.44. The van der Waals surface area contributed by atoms with Crippen LogP contribution in [0.25, 0.3) is 26.7 Å². The fourth-order valence-electron chi connectivity index (χ4n) is 4.77. The smallest absolute Gasteiger partial charge is 0.301 e. The highest BCUT2D eigenvalue weighted by atomic mass is 32.1. The van der Waals surface area contributed by atoms with Gasteiger partial charge in [-0.25, -0.2) is 4.98 Å². The van der Waals surface area contributed by atoms with Crippen LogP contribution in [0.2, 0.25) is 0 Å². The summed E-state index contributed by atoms with van der Waals surface area (Å²) in [7, 11) is 0. The van der Waals surface area contributed by atoms with Crippen molar-refractivity contribution in [2.45, 2.75) is 19.4 Å². The van der Waals surface area contributed by atoms with Crippen molar-refractivity contribution >= 4 is 54.9 Å². The predicted octanol–water partition coefficient (Wildman–Crippen LogP) is 6.34. The van der Waals surface area contributed by atoms with Gasteiger partial charge in [0, 0.05) is 5.56 Å². The molecule has 1 amide bonds. The van der Waals surface area contributed by atoms with Gasteiger partial charge < -0.3 is 10.2 Å². The maximum atomic E-state index is 13.5. The third-order valence-corrected chi connectivity index (χ3v) is 7.75. The number of aliphatic hydroxyl groups is 1. The number of hydrogen-bond donors (Lipinski definition) is 2. The van der Waals surface area contributed by atoms with Gasteiger partial charge in [-0.05, 0) is 58.7 Å². The number of fused-ring (bicyclic) bond motifs is 2. The van der Waals surface area contributed by atoms with E-state index in [9.17, 15) is 19.8 Å². The normalized spacial score (nSPS) is 17.2. The lowest BCUT2D eigenvalue weighted by Gasteiger charge is -2.23. The van der Waals surface area contributed by atoms with Crippen molar-refractivity contribution < 1.29 is 19.8 Å². The molecule has 0 radical (unpaired) electrons. The summed E-state index contributed by atoms with van der Waals surface area (Å²) in [5, 5.41) is 23.6. The van der Waals surface area contributed by atoms with Gasteiger partial charge in [0.2, 0.25) is 0 Å². The van der Waals surface area contributed by atoms with E-state index in [-0.39, 0.29) is 17.1 Å². The molecule has 1 unspecified atom stereocenters. The molecule has 2 heterocycles. The zero-order chi connectivity index (χ0) is 25.7. The molecule has 1 fully saturated rings. The molecule has 0 aliphatic carbocycles. The summed E-state index contributed by atoms with van der Waals surface area (Å²) in [5.74, 6) is -1.73. The molecule has 1 aromatic heterocycles. The van der Waals surface area contributed by atoms with E-state index in [0.29, 0.717) is 16.3 Å². The van der Waals surface area contributed by atoms with E-state index in [0.717, 1.165) is 33.0 Å². The lowest BCUT2D eigenvalue weighted by molar-refractivity contribution is -0.132. The monoisotopic (exact) mass is 506 g/mol. The second-order valence-electron chi connectivity index (χ2n) is 8.97. The number of aromatic nitrogens is 1. The van der Waals surface area contributed by atoms with E-state index in [2.05, 4.69) is 11.9 Å². The molecule has 1 saturated heterocycles. The lowest BCUT2D eigenvalue weighted by atomic mass is 9.94. The zero-order valence-corrected chi connectivity index (χ0v) is 20.7. The number of ketones is 1. The molecule has 0 spiro atoms. The van der Waals surface area contributed by atoms with Crippen LogP contribution in [0, 0.1) is 0 Å². The second kappa shape index (κ2) is 8.87. The van der Waals surface area contributed by atoms with Crippen LogP contribution in [-0.4, -0.2) is 26.9 Å². The predicted molar refractivity (Wildman–Crippen MR) is 146 cm³/mol.